The molecule has 0 fully saturated rings. The third-order valence-corrected chi connectivity index (χ3v) is 7.44. The molecule has 4 rings (SSSR count). The number of hydrogen-bond acceptors (Lipinski definition) is 7. The number of nitrogens with zero attached hydrogens (tertiary/aromatic N) is 4. The molecule has 2 N–H and O–H groups in total. The molecule has 1 aromatic heterocycles. The predicted octanol–water partition coefficient (Wildman–Crippen LogP) is 2.95. The Labute approximate surface area is 199 Å². The van der Waals surface area contributed by atoms with Gasteiger partial charge in [0.15, 0.2) is 0 Å². The van der Waals surface area contributed by atoms with Crippen molar-refractivity contribution < 1.29 is 13.2 Å². The van der Waals surface area contributed by atoms with Gasteiger partial charge in [0, 0.05) is 36.6 Å². The topological polar surface area (TPSA) is 108 Å². The predicted molar refractivity (Wildman–Crippen MR) is 133 cm³/mol. The summed E-state index contributed by atoms with van der Waals surface area (Å²) in [5, 5.41) is 6.03. The first-order valence-corrected chi connectivity index (χ1v) is 12.4. The Morgan fingerprint density at radius 1 is 1.03 bits per heavy atom. The van der Waals surface area contributed by atoms with Crippen LogP contribution in [0, 0.1) is 0 Å². The van der Waals surface area contributed by atoms with Crippen molar-refractivity contribution >= 4 is 33.3 Å². The Morgan fingerprint density at radius 2 is 1.76 bits per heavy atom. The summed E-state index contributed by atoms with van der Waals surface area (Å²) in [5.41, 5.74) is 3.62. The van der Waals surface area contributed by atoms with Crippen molar-refractivity contribution in [2.75, 3.05) is 44.9 Å². The highest BCUT2D eigenvalue weighted by Crippen LogP contribution is 2.33. The summed E-state index contributed by atoms with van der Waals surface area (Å²) < 4.78 is 27.1. The number of rotatable bonds is 8. The van der Waals surface area contributed by atoms with Crippen LogP contribution in [0.4, 0.5) is 17.3 Å². The fourth-order valence-corrected chi connectivity index (χ4v) is 4.95. The first-order chi connectivity index (χ1) is 16.2. The molecule has 0 saturated heterocycles. The summed E-state index contributed by atoms with van der Waals surface area (Å²) in [6.45, 7) is 1.26. The number of hydrogen-bond donors (Lipinski definition) is 2. The van der Waals surface area contributed by atoms with Gasteiger partial charge < -0.3 is 15.5 Å². The minimum Gasteiger partial charge on any atom is -0.325 e. The van der Waals surface area contributed by atoms with Gasteiger partial charge in [0.25, 0.3) is 0 Å². The molecular weight excluding hydrogens is 452 g/mol. The number of benzene rings is 2. The first-order valence-electron chi connectivity index (χ1n) is 11.0. The summed E-state index contributed by atoms with van der Waals surface area (Å²) in [6, 6.07) is 14.0. The number of aromatic nitrogens is 2. The van der Waals surface area contributed by atoms with Gasteiger partial charge in [0.1, 0.15) is 0 Å². The van der Waals surface area contributed by atoms with Gasteiger partial charge in [-0.2, -0.15) is 0 Å². The molecule has 0 saturated carbocycles. The molecular formula is C24H28N6O3S. The number of nitrogens with one attached hydrogen (secondary N) is 2. The summed E-state index contributed by atoms with van der Waals surface area (Å²) in [5.74, 6) is 0.248. The third-order valence-electron chi connectivity index (χ3n) is 5.57. The Kier molecular flexibility index (Phi) is 6.92. The average molecular weight is 481 g/mol. The van der Waals surface area contributed by atoms with E-state index in [-0.39, 0.29) is 17.2 Å². The second-order valence-electron chi connectivity index (χ2n) is 8.47. The summed E-state index contributed by atoms with van der Waals surface area (Å²) in [4.78, 5) is 23.4. The zero-order valence-corrected chi connectivity index (χ0v) is 20.3. The van der Waals surface area contributed by atoms with Crippen molar-refractivity contribution in [2.24, 2.45) is 0 Å². The Hall–Kier alpha value is -3.34. The van der Waals surface area contributed by atoms with Gasteiger partial charge in [-0.1, -0.05) is 18.2 Å². The fraction of sp³-hybridized carbons (Fsp3) is 0.292. The van der Waals surface area contributed by atoms with E-state index in [0.717, 1.165) is 24.1 Å². The van der Waals surface area contributed by atoms with E-state index in [0.29, 0.717) is 29.6 Å². The maximum atomic E-state index is 12.8. The Bertz CT molecular complexity index is 1290. The summed E-state index contributed by atoms with van der Waals surface area (Å²) in [7, 11) is 1.95. The monoisotopic (exact) mass is 480 g/mol. The second-order valence-corrected chi connectivity index (χ2v) is 10.5. The lowest BCUT2D eigenvalue weighted by Crippen LogP contribution is -2.29. The van der Waals surface area contributed by atoms with E-state index in [2.05, 4.69) is 20.6 Å². The molecule has 3 aromatic rings. The van der Waals surface area contributed by atoms with Gasteiger partial charge in [0.2, 0.25) is 21.9 Å². The molecule has 0 aliphatic carbocycles. The molecule has 0 spiro atoms. The lowest BCUT2D eigenvalue weighted by Gasteiger charge is -2.18. The molecule has 1 aliphatic heterocycles. The van der Waals surface area contributed by atoms with Gasteiger partial charge in [-0.25, -0.2) is 22.7 Å². The van der Waals surface area contributed by atoms with Crippen LogP contribution < -0.4 is 10.6 Å². The van der Waals surface area contributed by atoms with Crippen LogP contribution in [0.3, 0.4) is 0 Å². The van der Waals surface area contributed by atoms with Gasteiger partial charge >= 0.3 is 0 Å². The number of carbonyl (C=O) groups is 1. The normalized spacial score (nSPS) is 13.3. The molecule has 0 atom stereocenters. The van der Waals surface area contributed by atoms with E-state index in [1.807, 2.05) is 43.3 Å². The Balaban J connectivity index is 1.52. The van der Waals surface area contributed by atoms with E-state index < -0.39 is 10.0 Å². The molecule has 2 aromatic carbocycles. The van der Waals surface area contributed by atoms with Crippen LogP contribution in [0.5, 0.6) is 0 Å². The molecule has 2 heterocycles. The minimum absolute atomic E-state index is 0.112. The first kappa shape index (κ1) is 23.8. The zero-order chi connectivity index (χ0) is 24.3. The number of anilines is 3. The Morgan fingerprint density at radius 3 is 2.50 bits per heavy atom. The van der Waals surface area contributed by atoms with Crippen LogP contribution in [-0.4, -0.2) is 67.7 Å². The van der Waals surface area contributed by atoms with E-state index in [9.17, 15) is 13.2 Å². The lowest BCUT2D eigenvalue weighted by atomic mass is 10.1. The summed E-state index contributed by atoms with van der Waals surface area (Å²) in [6.07, 6.45) is 2.59. The molecule has 1 amide bonds. The summed E-state index contributed by atoms with van der Waals surface area (Å²) >= 11 is 0. The molecule has 0 radical (unpaired) electrons. The second kappa shape index (κ2) is 9.88. The van der Waals surface area contributed by atoms with E-state index in [1.165, 1.54) is 4.31 Å². The van der Waals surface area contributed by atoms with Crippen LogP contribution in [0.15, 0.2) is 59.6 Å². The molecule has 1 aliphatic rings. The van der Waals surface area contributed by atoms with Crippen molar-refractivity contribution in [1.82, 2.24) is 19.2 Å². The van der Waals surface area contributed by atoms with Crippen molar-refractivity contribution in [3.8, 4) is 11.3 Å². The van der Waals surface area contributed by atoms with Crippen LogP contribution >= 0.6 is 0 Å². The van der Waals surface area contributed by atoms with E-state index >= 15 is 0 Å². The largest absolute Gasteiger partial charge is 0.325 e. The highest BCUT2D eigenvalue weighted by Gasteiger charge is 2.22. The number of amides is 1. The standard InChI is InChI=1S/C24H28N6O3S/c1-29(2)13-6-14-30(3)34(32,33)19-11-9-18(10-12-19)26-24-25-16-17-15-22(31)27-21-8-5-4-7-20(21)23(17)28-24/h4-5,7-12,16H,6,13-15H2,1-3H3,(H,27,31)(H,25,26,28). The van der Waals surface area contributed by atoms with Gasteiger partial charge in [-0.3, -0.25) is 4.79 Å². The molecule has 0 bridgehead atoms. The molecule has 10 heteroatoms. The lowest BCUT2D eigenvalue weighted by molar-refractivity contribution is -0.115. The van der Waals surface area contributed by atoms with Gasteiger partial charge in [0.05, 0.1) is 22.7 Å². The minimum atomic E-state index is -3.56. The van der Waals surface area contributed by atoms with E-state index in [1.54, 1.807) is 37.5 Å². The number of para-hydroxylation sites is 1. The maximum Gasteiger partial charge on any atom is 0.242 e. The van der Waals surface area contributed by atoms with Crippen LogP contribution in [0.2, 0.25) is 0 Å². The van der Waals surface area contributed by atoms with E-state index in [4.69, 9.17) is 0 Å². The van der Waals surface area contributed by atoms with Crippen molar-refractivity contribution in [1.29, 1.82) is 0 Å². The van der Waals surface area contributed by atoms with Crippen LogP contribution in [0.25, 0.3) is 11.3 Å². The van der Waals surface area contributed by atoms with Crippen molar-refractivity contribution in [3.05, 3.63) is 60.3 Å². The smallest absolute Gasteiger partial charge is 0.242 e. The molecule has 9 nitrogen and oxygen atoms in total. The number of sulfonamides is 1. The molecule has 34 heavy (non-hydrogen) atoms. The third kappa shape index (κ3) is 5.24. The SMILES string of the molecule is CN(C)CCCN(C)S(=O)(=O)c1ccc(Nc2ncc3c(n2)-c2ccccc2NC(=O)C3)cc1. The van der Waals surface area contributed by atoms with Crippen LogP contribution in [-0.2, 0) is 21.2 Å². The highest BCUT2D eigenvalue weighted by molar-refractivity contribution is 7.89. The number of carbonyl (C=O) groups excluding carboxylic acids is 1. The average Bonchev–Trinajstić information content (AvgIpc) is 2.94. The highest BCUT2D eigenvalue weighted by atomic mass is 32.2. The van der Waals surface area contributed by atoms with Crippen molar-refractivity contribution in [3.63, 3.8) is 0 Å². The molecule has 178 valence electrons. The quantitative estimate of drug-likeness (QED) is 0.510. The zero-order valence-electron chi connectivity index (χ0n) is 19.4. The van der Waals surface area contributed by atoms with Gasteiger partial charge in [-0.05, 0) is 57.4 Å². The van der Waals surface area contributed by atoms with Crippen molar-refractivity contribution in [2.45, 2.75) is 17.7 Å². The van der Waals surface area contributed by atoms with Gasteiger partial charge in [-0.15, -0.1) is 0 Å². The van der Waals surface area contributed by atoms with Crippen LogP contribution in [0.1, 0.15) is 12.0 Å². The maximum absolute atomic E-state index is 12.8. The number of fused-ring (bicyclic) bond motifs is 3. The fourth-order valence-electron chi connectivity index (χ4n) is 3.74. The molecule has 0 unspecified atom stereocenters.